The molecule has 6 heteroatoms. The van der Waals surface area contributed by atoms with Crippen molar-refractivity contribution in [1.29, 1.82) is 0 Å². The van der Waals surface area contributed by atoms with E-state index in [1.165, 1.54) is 12.5 Å². The van der Waals surface area contributed by atoms with Crippen LogP contribution < -0.4 is 15.8 Å². The first-order chi connectivity index (χ1) is 13.6. The van der Waals surface area contributed by atoms with E-state index in [4.69, 9.17) is 10.5 Å². The van der Waals surface area contributed by atoms with E-state index in [0.717, 1.165) is 43.9 Å². The summed E-state index contributed by atoms with van der Waals surface area (Å²) in [4.78, 5) is 17.8. The average Bonchev–Trinajstić information content (AvgIpc) is 2.69. The zero-order chi connectivity index (χ0) is 19.8. The number of esters is 1. The molecule has 1 aromatic carbocycles. The van der Waals surface area contributed by atoms with Crippen molar-refractivity contribution < 1.29 is 9.53 Å². The van der Waals surface area contributed by atoms with Crippen LogP contribution in [0.25, 0.3) is 0 Å². The number of nitrogens with zero attached hydrogens (tertiary/aromatic N) is 2. The molecule has 0 bridgehead atoms. The van der Waals surface area contributed by atoms with Gasteiger partial charge in [0.05, 0.1) is 12.2 Å². The summed E-state index contributed by atoms with van der Waals surface area (Å²) in [5.41, 5.74) is 9.22. The number of rotatable bonds is 7. The number of nitrogens with two attached hydrogens (primary N) is 1. The summed E-state index contributed by atoms with van der Waals surface area (Å²) in [5, 5.41) is 3.23. The summed E-state index contributed by atoms with van der Waals surface area (Å²) in [6.45, 7) is 4.85. The molecule has 1 fully saturated rings. The molecule has 3 rings (SSSR count). The summed E-state index contributed by atoms with van der Waals surface area (Å²) in [6, 6.07) is 13.7. The zero-order valence-corrected chi connectivity index (χ0v) is 16.3. The molecule has 0 radical (unpaired) electrons. The van der Waals surface area contributed by atoms with Crippen molar-refractivity contribution in [3.63, 3.8) is 0 Å². The molecule has 2 heterocycles. The third kappa shape index (κ3) is 6.09. The number of nitrogens with one attached hydrogen (secondary N) is 1. The number of carbonyl (C=O) groups is 1. The van der Waals surface area contributed by atoms with Gasteiger partial charge in [-0.2, -0.15) is 0 Å². The highest BCUT2D eigenvalue weighted by molar-refractivity contribution is 5.69. The zero-order valence-electron chi connectivity index (χ0n) is 16.3. The molecular weight excluding hydrogens is 352 g/mol. The Bertz CT molecular complexity index is 799. The molecule has 0 saturated carbocycles. The molecule has 1 aromatic heterocycles. The number of pyridine rings is 1. The first-order valence-electron chi connectivity index (χ1n) is 9.68. The fourth-order valence-corrected chi connectivity index (χ4v) is 3.52. The second-order valence-electron chi connectivity index (χ2n) is 7.14. The Hall–Kier alpha value is -2.86. The first kappa shape index (κ1) is 19.9. The quantitative estimate of drug-likeness (QED) is 0.568. The smallest absolute Gasteiger partial charge is 0.308 e. The van der Waals surface area contributed by atoms with Crippen LogP contribution in [0.15, 0.2) is 60.6 Å². The normalized spacial score (nSPS) is 16.0. The van der Waals surface area contributed by atoms with Crippen molar-refractivity contribution in [2.24, 2.45) is 5.73 Å². The van der Waals surface area contributed by atoms with Crippen LogP contribution in [0.2, 0.25) is 0 Å². The van der Waals surface area contributed by atoms with E-state index in [1.807, 2.05) is 42.6 Å². The van der Waals surface area contributed by atoms with Gasteiger partial charge < -0.3 is 15.8 Å². The number of hydrogen-bond acceptors (Lipinski definition) is 6. The number of aromatic nitrogens is 1. The molecule has 1 aliphatic heterocycles. The van der Waals surface area contributed by atoms with Crippen molar-refractivity contribution in [2.45, 2.75) is 32.2 Å². The number of likely N-dealkylation sites (tertiary alicyclic amines) is 1. The molecule has 1 aliphatic rings. The average molecular weight is 380 g/mol. The van der Waals surface area contributed by atoms with Gasteiger partial charge in [-0.05, 0) is 61.7 Å². The third-order valence-corrected chi connectivity index (χ3v) is 4.88. The minimum absolute atomic E-state index is 0.286. The van der Waals surface area contributed by atoms with Crippen molar-refractivity contribution in [1.82, 2.24) is 15.2 Å². The van der Waals surface area contributed by atoms with Crippen LogP contribution in [0.4, 0.5) is 0 Å². The van der Waals surface area contributed by atoms with Crippen LogP contribution in [0.3, 0.4) is 0 Å². The van der Waals surface area contributed by atoms with E-state index < -0.39 is 0 Å². The molecule has 0 aliphatic carbocycles. The highest BCUT2D eigenvalue weighted by Gasteiger charge is 2.21. The maximum Gasteiger partial charge on any atom is 0.308 e. The van der Waals surface area contributed by atoms with Crippen molar-refractivity contribution >= 4 is 5.97 Å². The topological polar surface area (TPSA) is 80.5 Å². The Balaban J connectivity index is 1.44. The lowest BCUT2D eigenvalue weighted by Crippen LogP contribution is -2.36. The van der Waals surface area contributed by atoms with E-state index in [1.54, 1.807) is 6.20 Å². The van der Waals surface area contributed by atoms with Crippen molar-refractivity contribution in [3.8, 4) is 5.75 Å². The minimum atomic E-state index is -0.286. The van der Waals surface area contributed by atoms with Gasteiger partial charge >= 0.3 is 5.97 Å². The molecular formula is C22H28N4O2. The molecule has 6 nitrogen and oxygen atoms in total. The van der Waals surface area contributed by atoms with Crippen molar-refractivity contribution in [3.05, 3.63) is 71.8 Å². The SMILES string of the molecule is CC(=O)Oc1cccc(C2CCN(C/C(N)=C/NCc3ccccn3)CC2)c1. The van der Waals surface area contributed by atoms with Crippen LogP contribution in [0.1, 0.15) is 36.9 Å². The minimum Gasteiger partial charge on any atom is -0.427 e. The van der Waals surface area contributed by atoms with Crippen LogP contribution >= 0.6 is 0 Å². The van der Waals surface area contributed by atoms with E-state index in [0.29, 0.717) is 18.2 Å². The lowest BCUT2D eigenvalue weighted by Gasteiger charge is -2.32. The lowest BCUT2D eigenvalue weighted by atomic mass is 9.89. The monoisotopic (exact) mass is 380 g/mol. The van der Waals surface area contributed by atoms with Gasteiger partial charge in [0.2, 0.25) is 0 Å². The Kier molecular flexibility index (Phi) is 7.03. The van der Waals surface area contributed by atoms with Gasteiger partial charge in [-0.25, -0.2) is 0 Å². The number of benzene rings is 1. The van der Waals surface area contributed by atoms with Gasteiger partial charge in [-0.1, -0.05) is 18.2 Å². The summed E-state index contributed by atoms with van der Waals surface area (Å²) >= 11 is 0. The number of hydrogen-bond donors (Lipinski definition) is 2. The van der Waals surface area contributed by atoms with Gasteiger partial charge in [0.25, 0.3) is 0 Å². The lowest BCUT2D eigenvalue weighted by molar-refractivity contribution is -0.131. The summed E-state index contributed by atoms with van der Waals surface area (Å²) in [7, 11) is 0. The Morgan fingerprint density at radius 2 is 2.11 bits per heavy atom. The van der Waals surface area contributed by atoms with E-state index >= 15 is 0 Å². The molecule has 28 heavy (non-hydrogen) atoms. The second-order valence-corrected chi connectivity index (χ2v) is 7.14. The van der Waals surface area contributed by atoms with E-state index in [-0.39, 0.29) is 5.97 Å². The van der Waals surface area contributed by atoms with Crippen LogP contribution in [-0.2, 0) is 11.3 Å². The second kappa shape index (κ2) is 9.90. The summed E-state index contributed by atoms with van der Waals surface area (Å²) in [6.07, 6.45) is 5.80. The molecule has 3 N–H and O–H groups in total. The Labute approximate surface area is 166 Å². The maximum absolute atomic E-state index is 11.1. The number of piperidine rings is 1. The Morgan fingerprint density at radius 1 is 1.29 bits per heavy atom. The molecule has 148 valence electrons. The van der Waals surface area contributed by atoms with Crippen molar-refractivity contribution in [2.75, 3.05) is 19.6 Å². The Morgan fingerprint density at radius 3 is 2.82 bits per heavy atom. The van der Waals surface area contributed by atoms with E-state index in [2.05, 4.69) is 21.3 Å². The fraction of sp³-hybridized carbons (Fsp3) is 0.364. The van der Waals surface area contributed by atoms with Gasteiger partial charge in [0, 0.05) is 31.6 Å². The highest BCUT2D eigenvalue weighted by Crippen LogP contribution is 2.30. The van der Waals surface area contributed by atoms with Gasteiger partial charge in [-0.15, -0.1) is 0 Å². The van der Waals surface area contributed by atoms with Gasteiger partial charge in [-0.3, -0.25) is 14.7 Å². The predicted octanol–water partition coefficient (Wildman–Crippen LogP) is 2.78. The first-order valence-corrected chi connectivity index (χ1v) is 9.68. The molecule has 1 saturated heterocycles. The third-order valence-electron chi connectivity index (χ3n) is 4.88. The molecule has 0 unspecified atom stereocenters. The van der Waals surface area contributed by atoms with Gasteiger partial charge in [0.1, 0.15) is 5.75 Å². The summed E-state index contributed by atoms with van der Waals surface area (Å²) < 4.78 is 5.20. The molecule has 0 atom stereocenters. The summed E-state index contributed by atoms with van der Waals surface area (Å²) in [5.74, 6) is 0.823. The number of ether oxygens (including phenoxy) is 1. The predicted molar refractivity (Wildman–Crippen MR) is 110 cm³/mol. The van der Waals surface area contributed by atoms with Crippen LogP contribution in [0.5, 0.6) is 5.75 Å². The number of carbonyl (C=O) groups excluding carboxylic acids is 1. The van der Waals surface area contributed by atoms with Crippen LogP contribution in [-0.4, -0.2) is 35.5 Å². The van der Waals surface area contributed by atoms with E-state index in [9.17, 15) is 4.79 Å². The maximum atomic E-state index is 11.1. The molecule has 2 aromatic rings. The molecule has 0 amide bonds. The van der Waals surface area contributed by atoms with Crippen LogP contribution in [0, 0.1) is 0 Å². The largest absolute Gasteiger partial charge is 0.427 e. The highest BCUT2D eigenvalue weighted by atomic mass is 16.5. The fourth-order valence-electron chi connectivity index (χ4n) is 3.52. The standard InChI is InChI=1S/C22H28N4O2/c1-17(27)28-22-7-4-5-19(13-22)18-8-11-26(12-9-18)16-20(23)14-24-15-21-6-2-3-10-25-21/h2-7,10,13-14,18,24H,8-9,11-12,15-16,23H2,1H3/b20-14-. The molecule has 0 spiro atoms. The van der Waals surface area contributed by atoms with Gasteiger partial charge in [0.15, 0.2) is 0 Å².